The Morgan fingerprint density at radius 3 is 2.74 bits per heavy atom. The van der Waals surface area contributed by atoms with E-state index < -0.39 is 22.0 Å². The van der Waals surface area contributed by atoms with Crippen molar-refractivity contribution in [1.82, 2.24) is 9.71 Å². The van der Waals surface area contributed by atoms with Crippen LogP contribution in [0.5, 0.6) is 0 Å². The van der Waals surface area contributed by atoms with Gasteiger partial charge in [-0.1, -0.05) is 19.8 Å². The zero-order valence-corrected chi connectivity index (χ0v) is 12.7. The number of carboxylic acid groups (broad SMARTS) is 1. The van der Waals surface area contributed by atoms with Crippen molar-refractivity contribution in [3.05, 3.63) is 22.9 Å². The predicted molar refractivity (Wildman–Crippen MR) is 73.2 cm³/mol. The van der Waals surface area contributed by atoms with Crippen molar-refractivity contribution < 1.29 is 18.3 Å². The van der Waals surface area contributed by atoms with Crippen LogP contribution >= 0.6 is 15.9 Å². The van der Waals surface area contributed by atoms with Gasteiger partial charge in [-0.05, 0) is 28.4 Å². The molecule has 0 saturated carbocycles. The number of hydrogen-bond acceptors (Lipinski definition) is 4. The average molecular weight is 351 g/mol. The summed E-state index contributed by atoms with van der Waals surface area (Å²) in [6, 6.07) is 0.248. The van der Waals surface area contributed by atoms with Gasteiger partial charge in [-0.3, -0.25) is 9.78 Å². The summed E-state index contributed by atoms with van der Waals surface area (Å²) < 4.78 is 26.7. The van der Waals surface area contributed by atoms with Crippen LogP contribution < -0.4 is 4.72 Å². The second-order valence-corrected chi connectivity index (χ2v) is 6.62. The summed E-state index contributed by atoms with van der Waals surface area (Å²) in [6.45, 7) is 1.91. The number of carbonyl (C=O) groups is 1. The lowest BCUT2D eigenvalue weighted by molar-refractivity contribution is -0.139. The molecule has 2 N–H and O–H groups in total. The number of aromatic nitrogens is 1. The Bertz CT molecular complexity index is 547. The van der Waals surface area contributed by atoms with Crippen LogP contribution in [-0.2, 0) is 14.8 Å². The highest BCUT2D eigenvalue weighted by Crippen LogP contribution is 2.15. The van der Waals surface area contributed by atoms with E-state index in [9.17, 15) is 13.2 Å². The Balaban J connectivity index is 2.91. The van der Waals surface area contributed by atoms with Crippen LogP contribution in [0.1, 0.15) is 26.2 Å². The lowest BCUT2D eigenvalue weighted by Gasteiger charge is -2.14. The zero-order valence-electron chi connectivity index (χ0n) is 10.3. The van der Waals surface area contributed by atoms with Gasteiger partial charge in [0.05, 0.1) is 0 Å². The normalized spacial score (nSPS) is 13.2. The van der Waals surface area contributed by atoms with Gasteiger partial charge in [-0.15, -0.1) is 0 Å². The quantitative estimate of drug-likeness (QED) is 0.780. The van der Waals surface area contributed by atoms with E-state index in [0.717, 1.165) is 6.42 Å². The van der Waals surface area contributed by atoms with E-state index >= 15 is 0 Å². The lowest BCUT2D eigenvalue weighted by atomic mass is 10.1. The maximum absolute atomic E-state index is 12.0. The molecule has 0 saturated heterocycles. The Morgan fingerprint density at radius 1 is 1.53 bits per heavy atom. The van der Waals surface area contributed by atoms with Gasteiger partial charge in [0.25, 0.3) is 0 Å². The van der Waals surface area contributed by atoms with Crippen LogP contribution in [0.4, 0.5) is 0 Å². The smallest absolute Gasteiger partial charge is 0.321 e. The number of rotatable bonds is 7. The number of hydrogen-bond donors (Lipinski definition) is 2. The fourth-order valence-electron chi connectivity index (χ4n) is 1.44. The third kappa shape index (κ3) is 4.88. The first-order chi connectivity index (χ1) is 8.86. The van der Waals surface area contributed by atoms with Gasteiger partial charge in [-0.2, -0.15) is 4.72 Å². The standard InChI is InChI=1S/C11H15BrN2O4S/c1-2-3-4-10(11(15)16)14-19(17,18)9-5-8(12)6-13-7-9/h5-7,10,14H,2-4H2,1H3,(H,15,16)/t10-/m0/s1. The Hall–Kier alpha value is -0.990. The summed E-state index contributed by atoms with van der Waals surface area (Å²) in [4.78, 5) is 14.7. The largest absolute Gasteiger partial charge is 0.480 e. The Kier molecular flexibility index (Phi) is 5.89. The maximum atomic E-state index is 12.0. The molecule has 1 atom stereocenters. The third-order valence-electron chi connectivity index (χ3n) is 2.43. The molecule has 0 radical (unpaired) electrons. The molecule has 0 fully saturated rings. The van der Waals surface area contributed by atoms with Gasteiger partial charge in [0.2, 0.25) is 10.0 Å². The molecule has 0 aliphatic carbocycles. The topological polar surface area (TPSA) is 96.4 Å². The number of nitrogens with zero attached hydrogens (tertiary/aromatic N) is 1. The molecule has 1 aromatic rings. The molecular weight excluding hydrogens is 336 g/mol. The van der Waals surface area contributed by atoms with Gasteiger partial charge >= 0.3 is 5.97 Å². The molecule has 1 aromatic heterocycles. The molecule has 19 heavy (non-hydrogen) atoms. The molecule has 0 aliphatic rings. The first kappa shape index (κ1) is 16.1. The number of pyridine rings is 1. The van der Waals surface area contributed by atoms with Crippen molar-refractivity contribution in [2.24, 2.45) is 0 Å². The van der Waals surface area contributed by atoms with Crippen molar-refractivity contribution in [1.29, 1.82) is 0 Å². The van der Waals surface area contributed by atoms with Crippen LogP contribution in [0.3, 0.4) is 0 Å². The molecule has 0 aliphatic heterocycles. The van der Waals surface area contributed by atoms with Crippen LogP contribution in [0.15, 0.2) is 27.8 Å². The van der Waals surface area contributed by atoms with Crippen LogP contribution in [0.2, 0.25) is 0 Å². The molecule has 106 valence electrons. The molecule has 6 nitrogen and oxygen atoms in total. The maximum Gasteiger partial charge on any atom is 0.321 e. The van der Waals surface area contributed by atoms with Crippen LogP contribution in [-0.4, -0.2) is 30.5 Å². The second-order valence-electron chi connectivity index (χ2n) is 3.99. The number of unbranched alkanes of at least 4 members (excludes halogenated alkanes) is 1. The molecule has 0 unspecified atom stereocenters. The van der Waals surface area contributed by atoms with E-state index in [1.54, 1.807) is 0 Å². The highest BCUT2D eigenvalue weighted by Gasteiger charge is 2.25. The highest BCUT2D eigenvalue weighted by molar-refractivity contribution is 9.10. The summed E-state index contributed by atoms with van der Waals surface area (Å²) in [5, 5.41) is 9.01. The first-order valence-corrected chi connectivity index (χ1v) is 8.00. The van der Waals surface area contributed by atoms with E-state index in [-0.39, 0.29) is 11.3 Å². The van der Waals surface area contributed by atoms with E-state index in [4.69, 9.17) is 5.11 Å². The SMILES string of the molecule is CCCC[C@H](NS(=O)(=O)c1cncc(Br)c1)C(=O)O. The molecule has 0 aromatic carbocycles. The van der Waals surface area contributed by atoms with E-state index in [1.165, 1.54) is 18.5 Å². The number of aliphatic carboxylic acids is 1. The van der Waals surface area contributed by atoms with Gasteiger partial charge in [0.1, 0.15) is 10.9 Å². The molecular formula is C11H15BrN2O4S. The summed E-state index contributed by atoms with van der Waals surface area (Å²) in [7, 11) is -3.88. The summed E-state index contributed by atoms with van der Waals surface area (Å²) in [6.07, 6.45) is 4.31. The van der Waals surface area contributed by atoms with Crippen molar-refractivity contribution in [3.8, 4) is 0 Å². The minimum atomic E-state index is -3.88. The molecule has 8 heteroatoms. The van der Waals surface area contributed by atoms with Crippen LogP contribution in [0, 0.1) is 0 Å². The average Bonchev–Trinajstić information content (AvgIpc) is 2.34. The number of halogens is 1. The summed E-state index contributed by atoms with van der Waals surface area (Å²) in [5.41, 5.74) is 0. The minimum Gasteiger partial charge on any atom is -0.480 e. The third-order valence-corrected chi connectivity index (χ3v) is 4.30. The second kappa shape index (κ2) is 6.97. The van der Waals surface area contributed by atoms with Crippen molar-refractivity contribution in [2.45, 2.75) is 37.1 Å². The Labute approximate surface area is 120 Å². The zero-order chi connectivity index (χ0) is 14.5. The van der Waals surface area contributed by atoms with Crippen molar-refractivity contribution >= 4 is 31.9 Å². The fourth-order valence-corrected chi connectivity index (χ4v) is 3.16. The van der Waals surface area contributed by atoms with Crippen LogP contribution in [0.25, 0.3) is 0 Å². The minimum absolute atomic E-state index is 0.0652. The number of carboxylic acids is 1. The lowest BCUT2D eigenvalue weighted by Crippen LogP contribution is -2.40. The Morgan fingerprint density at radius 2 is 2.21 bits per heavy atom. The fraction of sp³-hybridized carbons (Fsp3) is 0.455. The molecule has 0 amide bonds. The number of sulfonamides is 1. The van der Waals surface area contributed by atoms with Crippen molar-refractivity contribution in [3.63, 3.8) is 0 Å². The monoisotopic (exact) mass is 350 g/mol. The predicted octanol–water partition coefficient (Wildman–Crippen LogP) is 1.77. The molecule has 0 spiro atoms. The first-order valence-electron chi connectivity index (χ1n) is 5.72. The van der Waals surface area contributed by atoms with Gasteiger partial charge in [0.15, 0.2) is 0 Å². The van der Waals surface area contributed by atoms with E-state index in [0.29, 0.717) is 10.9 Å². The van der Waals surface area contributed by atoms with Crippen molar-refractivity contribution in [2.75, 3.05) is 0 Å². The van der Waals surface area contributed by atoms with E-state index in [1.807, 2.05) is 6.92 Å². The molecule has 0 bridgehead atoms. The molecule has 1 rings (SSSR count). The highest BCUT2D eigenvalue weighted by atomic mass is 79.9. The number of nitrogens with one attached hydrogen (secondary N) is 1. The molecule has 1 heterocycles. The van der Waals surface area contributed by atoms with Gasteiger partial charge in [-0.25, -0.2) is 8.42 Å². The summed E-state index contributed by atoms with van der Waals surface area (Å²) in [5.74, 6) is -1.18. The van der Waals surface area contributed by atoms with Gasteiger partial charge in [0, 0.05) is 16.9 Å². The summed E-state index contributed by atoms with van der Waals surface area (Å²) >= 11 is 3.12. The van der Waals surface area contributed by atoms with Gasteiger partial charge < -0.3 is 5.11 Å². The van der Waals surface area contributed by atoms with E-state index in [2.05, 4.69) is 25.6 Å².